The molecular weight excluding hydrogens is 490 g/mol. The fourth-order valence-electron chi connectivity index (χ4n) is 4.02. The predicted octanol–water partition coefficient (Wildman–Crippen LogP) is 2.41. The van der Waals surface area contributed by atoms with Crippen LogP contribution >= 0.6 is 0 Å². The second-order valence-corrected chi connectivity index (χ2v) is 7.33. The Labute approximate surface area is 209 Å². The average molecular weight is 509 g/mol. The fraction of sp³-hybridized carbons (Fsp3) is 0.174. The van der Waals surface area contributed by atoms with Gasteiger partial charge in [0.2, 0.25) is 5.75 Å². The summed E-state index contributed by atoms with van der Waals surface area (Å²) in [7, 11) is 3.10. The van der Waals surface area contributed by atoms with Crippen molar-refractivity contribution in [2.75, 3.05) is 26.2 Å². The molecule has 0 fully saturated rings. The number of nitro groups is 2. The van der Waals surface area contributed by atoms with Gasteiger partial charge in [0, 0.05) is 0 Å². The molecule has 14 nitrogen and oxygen atoms in total. The lowest BCUT2D eigenvalue weighted by Crippen LogP contribution is -2.41. The molecule has 0 saturated heterocycles. The molecule has 1 aliphatic heterocycles. The van der Waals surface area contributed by atoms with Gasteiger partial charge in [-0.25, -0.2) is 9.59 Å². The zero-order valence-corrected chi connectivity index (χ0v) is 19.7. The smallest absolute Gasteiger partial charge is 0.389 e. The van der Waals surface area contributed by atoms with E-state index in [1.807, 2.05) is 6.07 Å². The Hall–Kier alpha value is -5.45. The van der Waals surface area contributed by atoms with Crippen LogP contribution in [0.3, 0.4) is 0 Å². The van der Waals surface area contributed by atoms with E-state index in [-0.39, 0.29) is 5.57 Å². The van der Waals surface area contributed by atoms with Crippen LogP contribution in [-0.2, 0) is 19.1 Å². The lowest BCUT2D eigenvalue weighted by Gasteiger charge is -2.35. The summed E-state index contributed by atoms with van der Waals surface area (Å²) in [6.07, 6.45) is 0. The van der Waals surface area contributed by atoms with Crippen molar-refractivity contribution in [3.8, 4) is 11.8 Å². The van der Waals surface area contributed by atoms with E-state index < -0.39 is 67.6 Å². The molecule has 2 N–H and O–H groups in total. The lowest BCUT2D eigenvalue weighted by atomic mass is 9.81. The van der Waals surface area contributed by atoms with E-state index in [0.717, 1.165) is 33.5 Å². The molecule has 0 saturated carbocycles. The minimum Gasteiger partial charge on any atom is -0.490 e. The summed E-state index contributed by atoms with van der Waals surface area (Å²) < 4.78 is 14.7. The van der Waals surface area contributed by atoms with Crippen molar-refractivity contribution in [1.29, 1.82) is 5.26 Å². The van der Waals surface area contributed by atoms with Crippen LogP contribution in [0.15, 0.2) is 65.1 Å². The standard InChI is InChI=1S/C23H19N5O9/c1-35-15-10-9-14(18(27(31)32)19(15)28(33)34)26-20(23(30)37-3)17(22(29)36-2)16(13(11-24)21(26)25)12-7-5-4-6-8-12/h4-10,16H,25H2,1-3H3. The Bertz CT molecular complexity index is 1410. The van der Waals surface area contributed by atoms with Gasteiger partial charge in [0.1, 0.15) is 17.2 Å². The van der Waals surface area contributed by atoms with E-state index in [9.17, 15) is 35.1 Å². The van der Waals surface area contributed by atoms with Gasteiger partial charge in [-0.15, -0.1) is 0 Å². The number of esters is 2. The minimum atomic E-state index is -1.23. The number of anilines is 1. The maximum absolute atomic E-state index is 13.1. The zero-order valence-electron chi connectivity index (χ0n) is 19.7. The van der Waals surface area contributed by atoms with Crippen molar-refractivity contribution in [2.45, 2.75) is 5.92 Å². The summed E-state index contributed by atoms with van der Waals surface area (Å²) in [6, 6.07) is 12.0. The summed E-state index contributed by atoms with van der Waals surface area (Å²) in [5.41, 5.74) is 2.65. The van der Waals surface area contributed by atoms with Gasteiger partial charge < -0.3 is 19.9 Å². The first kappa shape index (κ1) is 26.2. The van der Waals surface area contributed by atoms with Crippen molar-refractivity contribution < 1.29 is 33.6 Å². The number of benzene rings is 2. The van der Waals surface area contributed by atoms with Crippen LogP contribution in [-0.4, -0.2) is 43.1 Å². The summed E-state index contributed by atoms with van der Waals surface area (Å²) >= 11 is 0. The number of carbonyl (C=O) groups is 2. The predicted molar refractivity (Wildman–Crippen MR) is 126 cm³/mol. The molecule has 14 heteroatoms. The highest BCUT2D eigenvalue weighted by atomic mass is 16.6. The van der Waals surface area contributed by atoms with Gasteiger partial charge in [0.15, 0.2) is 0 Å². The quantitative estimate of drug-likeness (QED) is 0.325. The first-order valence-corrected chi connectivity index (χ1v) is 10.3. The second kappa shape index (κ2) is 10.4. The highest BCUT2D eigenvalue weighted by Crippen LogP contribution is 2.49. The Morgan fingerprint density at radius 3 is 2.05 bits per heavy atom. The molecule has 1 heterocycles. The molecule has 190 valence electrons. The molecule has 0 spiro atoms. The molecular formula is C23H19N5O9. The highest BCUT2D eigenvalue weighted by Gasteiger charge is 2.46. The van der Waals surface area contributed by atoms with Gasteiger partial charge in [-0.1, -0.05) is 30.3 Å². The van der Waals surface area contributed by atoms with E-state index in [1.54, 1.807) is 30.3 Å². The van der Waals surface area contributed by atoms with E-state index in [2.05, 4.69) is 0 Å². The minimum absolute atomic E-state index is 0.271. The van der Waals surface area contributed by atoms with Gasteiger partial charge in [0.05, 0.1) is 54.3 Å². The average Bonchev–Trinajstić information content (AvgIpc) is 2.90. The number of rotatable bonds is 7. The van der Waals surface area contributed by atoms with Crippen molar-refractivity contribution in [3.63, 3.8) is 0 Å². The maximum atomic E-state index is 13.1. The molecule has 0 aromatic heterocycles. The number of hydrogen-bond donors (Lipinski definition) is 1. The van der Waals surface area contributed by atoms with E-state index in [0.29, 0.717) is 10.5 Å². The molecule has 0 aliphatic carbocycles. The maximum Gasteiger partial charge on any atom is 0.389 e. The summed E-state index contributed by atoms with van der Waals surface area (Å²) in [5.74, 6) is -4.40. The molecule has 2 aromatic carbocycles. The normalized spacial score (nSPS) is 15.1. The number of nitrogens with two attached hydrogens (primary N) is 1. The number of allylic oxidation sites excluding steroid dienone is 1. The highest BCUT2D eigenvalue weighted by molar-refractivity contribution is 6.07. The van der Waals surface area contributed by atoms with Crippen molar-refractivity contribution in [1.82, 2.24) is 0 Å². The number of ether oxygens (including phenoxy) is 3. The Kier molecular flexibility index (Phi) is 7.38. The van der Waals surface area contributed by atoms with Gasteiger partial charge in [-0.3, -0.25) is 25.1 Å². The number of nitrogens with zero attached hydrogens (tertiary/aromatic N) is 4. The fourth-order valence-corrected chi connectivity index (χ4v) is 4.02. The first-order chi connectivity index (χ1) is 17.6. The zero-order chi connectivity index (χ0) is 27.4. The summed E-state index contributed by atoms with van der Waals surface area (Å²) in [5, 5.41) is 33.9. The molecule has 0 amide bonds. The van der Waals surface area contributed by atoms with Crippen molar-refractivity contribution in [2.24, 2.45) is 5.73 Å². The third-order valence-corrected chi connectivity index (χ3v) is 5.53. The molecule has 1 unspecified atom stereocenters. The van der Waals surface area contributed by atoms with Crippen LogP contribution in [0.4, 0.5) is 17.1 Å². The molecule has 1 atom stereocenters. The van der Waals surface area contributed by atoms with E-state index >= 15 is 0 Å². The number of nitro benzene ring substituents is 2. The van der Waals surface area contributed by atoms with Crippen LogP contribution in [0.2, 0.25) is 0 Å². The van der Waals surface area contributed by atoms with E-state index in [1.165, 1.54) is 0 Å². The molecule has 2 aromatic rings. The molecule has 37 heavy (non-hydrogen) atoms. The van der Waals surface area contributed by atoms with Crippen molar-refractivity contribution >= 4 is 29.0 Å². The molecule has 0 radical (unpaired) electrons. The number of hydrogen-bond acceptors (Lipinski definition) is 12. The number of methoxy groups -OCH3 is 3. The third kappa shape index (κ3) is 4.36. The topological polar surface area (TPSA) is 201 Å². The van der Waals surface area contributed by atoms with Gasteiger partial charge in [0.25, 0.3) is 0 Å². The van der Waals surface area contributed by atoms with E-state index in [4.69, 9.17) is 19.9 Å². The Morgan fingerprint density at radius 1 is 0.973 bits per heavy atom. The van der Waals surface area contributed by atoms with Crippen LogP contribution < -0.4 is 15.4 Å². The van der Waals surface area contributed by atoms with Gasteiger partial charge in [-0.2, -0.15) is 5.26 Å². The van der Waals surface area contributed by atoms with Crippen LogP contribution in [0, 0.1) is 31.6 Å². The Balaban J connectivity index is 2.55. The number of nitriles is 1. The SMILES string of the molecule is COC(=O)C1=C(C(=O)OC)N(c2ccc(OC)c([N+](=O)[O-])c2[N+](=O)[O-])C(N)=C(C#N)C1c1ccccc1. The largest absolute Gasteiger partial charge is 0.490 e. The first-order valence-electron chi connectivity index (χ1n) is 10.3. The Morgan fingerprint density at radius 2 is 1.57 bits per heavy atom. The second-order valence-electron chi connectivity index (χ2n) is 7.33. The van der Waals surface area contributed by atoms with Crippen LogP contribution in [0.5, 0.6) is 5.75 Å². The van der Waals surface area contributed by atoms with Gasteiger partial charge in [-0.05, 0) is 17.7 Å². The third-order valence-electron chi connectivity index (χ3n) is 5.53. The molecule has 1 aliphatic rings. The monoisotopic (exact) mass is 509 g/mol. The molecule has 0 bridgehead atoms. The van der Waals surface area contributed by atoms with Crippen LogP contribution in [0.1, 0.15) is 11.5 Å². The van der Waals surface area contributed by atoms with Crippen LogP contribution in [0.25, 0.3) is 0 Å². The number of carbonyl (C=O) groups excluding carboxylic acids is 2. The molecule has 3 rings (SSSR count). The van der Waals surface area contributed by atoms with Gasteiger partial charge >= 0.3 is 23.3 Å². The lowest BCUT2D eigenvalue weighted by molar-refractivity contribution is -0.422. The summed E-state index contributed by atoms with van der Waals surface area (Å²) in [6.45, 7) is 0. The summed E-state index contributed by atoms with van der Waals surface area (Å²) in [4.78, 5) is 48.7. The van der Waals surface area contributed by atoms with Crippen molar-refractivity contribution in [3.05, 3.63) is 90.9 Å².